The quantitative estimate of drug-likeness (QED) is 0.880. The molecule has 0 spiro atoms. The molecule has 26 heavy (non-hydrogen) atoms. The van der Waals surface area contributed by atoms with Crippen LogP contribution >= 0.6 is 0 Å². The van der Waals surface area contributed by atoms with Crippen molar-refractivity contribution in [3.8, 4) is 6.07 Å². The Morgan fingerprint density at radius 2 is 2.00 bits per heavy atom. The molecule has 0 aromatic heterocycles. The molecule has 2 atom stereocenters. The summed E-state index contributed by atoms with van der Waals surface area (Å²) in [7, 11) is 1.68. The van der Waals surface area contributed by atoms with Crippen LogP contribution in [0.1, 0.15) is 64.2 Å². The maximum atomic E-state index is 12.5. The first kappa shape index (κ1) is 20.3. The number of benzene rings is 1. The molecule has 0 saturated carbocycles. The Hall–Kier alpha value is -2.06. The number of alkyl carbamates (subject to hydrolysis) is 1. The van der Waals surface area contributed by atoms with Crippen LogP contribution in [0.2, 0.25) is 0 Å². The molecule has 2 rings (SSSR count). The molecule has 0 aliphatic heterocycles. The molecule has 1 aliphatic carbocycles. The predicted octanol–water partition coefficient (Wildman–Crippen LogP) is 4.08. The molecule has 2 unspecified atom stereocenters. The third kappa shape index (κ3) is 3.86. The van der Waals surface area contributed by atoms with Crippen molar-refractivity contribution in [3.05, 3.63) is 34.9 Å². The number of methoxy groups -OCH3 is 1. The van der Waals surface area contributed by atoms with E-state index in [4.69, 9.17) is 9.47 Å². The van der Waals surface area contributed by atoms with E-state index >= 15 is 0 Å². The Labute approximate surface area is 156 Å². The van der Waals surface area contributed by atoms with Crippen molar-refractivity contribution in [2.75, 3.05) is 7.11 Å². The lowest BCUT2D eigenvalue weighted by atomic mass is 9.62. The van der Waals surface area contributed by atoms with Gasteiger partial charge in [0.15, 0.2) is 0 Å². The summed E-state index contributed by atoms with van der Waals surface area (Å²) in [5.41, 5.74) is 2.09. The molecule has 0 heterocycles. The standard InChI is InChI=1S/C21H30N2O3/c1-7-21(8-2)16-11-14(13-22)9-10-15(16)12-17(25-6)18(21)23-19(24)26-20(3,4)5/h9-11,17-18H,7-8,12H2,1-6H3,(H,23,24). The van der Waals surface area contributed by atoms with Crippen molar-refractivity contribution in [1.29, 1.82) is 5.26 Å². The van der Waals surface area contributed by atoms with Crippen LogP contribution in [0, 0.1) is 11.3 Å². The van der Waals surface area contributed by atoms with Crippen LogP contribution in [-0.2, 0) is 21.3 Å². The second-order valence-corrected chi connectivity index (χ2v) is 7.95. The van der Waals surface area contributed by atoms with Crippen molar-refractivity contribution in [2.24, 2.45) is 0 Å². The van der Waals surface area contributed by atoms with Crippen LogP contribution in [0.3, 0.4) is 0 Å². The van der Waals surface area contributed by atoms with Gasteiger partial charge in [0.25, 0.3) is 0 Å². The highest BCUT2D eigenvalue weighted by atomic mass is 16.6. The number of amides is 1. The average Bonchev–Trinajstić information content (AvgIpc) is 2.59. The number of carbonyl (C=O) groups excluding carboxylic acids is 1. The number of carbonyl (C=O) groups is 1. The predicted molar refractivity (Wildman–Crippen MR) is 101 cm³/mol. The zero-order valence-corrected chi connectivity index (χ0v) is 16.7. The van der Waals surface area contributed by atoms with E-state index in [0.29, 0.717) is 12.0 Å². The molecule has 1 aromatic rings. The van der Waals surface area contributed by atoms with Gasteiger partial charge in [0.1, 0.15) is 5.60 Å². The Kier molecular flexibility index (Phi) is 5.98. The lowest BCUT2D eigenvalue weighted by molar-refractivity contribution is 0.00830. The first-order valence-corrected chi connectivity index (χ1v) is 9.26. The van der Waals surface area contributed by atoms with Gasteiger partial charge >= 0.3 is 6.09 Å². The largest absolute Gasteiger partial charge is 0.444 e. The van der Waals surface area contributed by atoms with E-state index in [1.807, 2.05) is 39.0 Å². The fourth-order valence-electron chi connectivity index (χ4n) is 4.10. The molecule has 0 saturated heterocycles. The second-order valence-electron chi connectivity index (χ2n) is 7.95. The minimum Gasteiger partial charge on any atom is -0.444 e. The maximum absolute atomic E-state index is 12.5. The third-order valence-corrected chi connectivity index (χ3v) is 5.40. The Balaban J connectivity index is 2.50. The molecular formula is C21H30N2O3. The van der Waals surface area contributed by atoms with Gasteiger partial charge in [-0.1, -0.05) is 19.9 Å². The van der Waals surface area contributed by atoms with Crippen LogP contribution in [0.4, 0.5) is 4.79 Å². The highest BCUT2D eigenvalue weighted by Crippen LogP contribution is 2.44. The summed E-state index contributed by atoms with van der Waals surface area (Å²) in [6.07, 6.45) is 1.76. The monoisotopic (exact) mass is 358 g/mol. The number of nitrogens with zero attached hydrogens (tertiary/aromatic N) is 1. The molecule has 1 aliphatic rings. The molecular weight excluding hydrogens is 328 g/mol. The first-order chi connectivity index (χ1) is 12.2. The van der Waals surface area contributed by atoms with Crippen LogP contribution in [0.5, 0.6) is 0 Å². The molecule has 5 nitrogen and oxygen atoms in total. The van der Waals surface area contributed by atoms with Crippen LogP contribution in [0.25, 0.3) is 0 Å². The van der Waals surface area contributed by atoms with Crippen LogP contribution in [0.15, 0.2) is 18.2 Å². The first-order valence-electron chi connectivity index (χ1n) is 9.26. The topological polar surface area (TPSA) is 71.3 Å². The molecule has 0 fully saturated rings. The summed E-state index contributed by atoms with van der Waals surface area (Å²) in [6.45, 7) is 9.79. The number of hydrogen-bond donors (Lipinski definition) is 1. The summed E-state index contributed by atoms with van der Waals surface area (Å²) in [5.74, 6) is 0. The van der Waals surface area contributed by atoms with Crippen molar-refractivity contribution in [1.82, 2.24) is 5.32 Å². The summed E-state index contributed by atoms with van der Waals surface area (Å²) < 4.78 is 11.3. The summed E-state index contributed by atoms with van der Waals surface area (Å²) >= 11 is 0. The van der Waals surface area contributed by atoms with Gasteiger partial charge in [0.2, 0.25) is 0 Å². The smallest absolute Gasteiger partial charge is 0.407 e. The van der Waals surface area contributed by atoms with Gasteiger partial charge in [-0.2, -0.15) is 5.26 Å². The van der Waals surface area contributed by atoms with Crippen molar-refractivity contribution < 1.29 is 14.3 Å². The average molecular weight is 358 g/mol. The Bertz CT molecular complexity index is 696. The van der Waals surface area contributed by atoms with Crippen LogP contribution < -0.4 is 5.32 Å². The lowest BCUT2D eigenvalue weighted by Gasteiger charge is -2.48. The number of nitrogens with one attached hydrogen (secondary N) is 1. The second kappa shape index (κ2) is 7.67. The van der Waals surface area contributed by atoms with Gasteiger partial charge in [-0.05, 0) is 56.9 Å². The molecule has 1 N–H and O–H groups in total. The fourth-order valence-corrected chi connectivity index (χ4v) is 4.10. The molecule has 0 bridgehead atoms. The summed E-state index contributed by atoms with van der Waals surface area (Å²) in [5, 5.41) is 12.4. The van der Waals surface area contributed by atoms with Crippen molar-refractivity contribution >= 4 is 6.09 Å². The van der Waals surface area contributed by atoms with Crippen LogP contribution in [-0.4, -0.2) is 30.9 Å². The van der Waals surface area contributed by atoms with E-state index in [0.717, 1.165) is 18.4 Å². The zero-order chi connectivity index (χ0) is 19.5. The highest BCUT2D eigenvalue weighted by Gasteiger charge is 2.48. The van der Waals surface area contributed by atoms with Gasteiger partial charge in [-0.15, -0.1) is 0 Å². The highest BCUT2D eigenvalue weighted by molar-refractivity contribution is 5.69. The summed E-state index contributed by atoms with van der Waals surface area (Å²) in [4.78, 5) is 12.5. The van der Waals surface area contributed by atoms with Crippen molar-refractivity contribution in [3.63, 3.8) is 0 Å². The maximum Gasteiger partial charge on any atom is 0.407 e. The van der Waals surface area contributed by atoms with Gasteiger partial charge in [0, 0.05) is 18.9 Å². The number of nitriles is 1. The third-order valence-electron chi connectivity index (χ3n) is 5.40. The van der Waals surface area contributed by atoms with E-state index < -0.39 is 11.7 Å². The Morgan fingerprint density at radius 1 is 1.35 bits per heavy atom. The summed E-state index contributed by atoms with van der Waals surface area (Å²) in [6, 6.07) is 7.85. The Morgan fingerprint density at radius 3 is 2.50 bits per heavy atom. The number of ether oxygens (including phenoxy) is 2. The van der Waals surface area contributed by atoms with E-state index in [1.165, 1.54) is 5.56 Å². The number of fused-ring (bicyclic) bond motifs is 1. The van der Waals surface area contributed by atoms with Gasteiger partial charge in [-0.3, -0.25) is 0 Å². The van der Waals surface area contributed by atoms with E-state index in [-0.39, 0.29) is 17.6 Å². The molecule has 1 amide bonds. The van der Waals surface area contributed by atoms with Gasteiger partial charge in [-0.25, -0.2) is 4.79 Å². The van der Waals surface area contributed by atoms with Gasteiger partial charge in [0.05, 0.1) is 23.8 Å². The van der Waals surface area contributed by atoms with E-state index in [2.05, 4.69) is 25.2 Å². The molecule has 142 valence electrons. The van der Waals surface area contributed by atoms with Crippen molar-refractivity contribution in [2.45, 2.75) is 77.0 Å². The van der Waals surface area contributed by atoms with E-state index in [9.17, 15) is 10.1 Å². The normalized spacial score (nSPS) is 21.4. The number of hydrogen-bond acceptors (Lipinski definition) is 4. The van der Waals surface area contributed by atoms with E-state index in [1.54, 1.807) is 7.11 Å². The minimum absolute atomic E-state index is 0.150. The minimum atomic E-state index is -0.561. The number of rotatable bonds is 4. The lowest BCUT2D eigenvalue weighted by Crippen LogP contribution is -2.60. The fraction of sp³-hybridized carbons (Fsp3) is 0.619. The SMILES string of the molecule is CCC1(CC)c2cc(C#N)ccc2CC(OC)C1NC(=O)OC(C)(C)C. The molecule has 0 radical (unpaired) electrons. The zero-order valence-electron chi connectivity index (χ0n) is 16.7. The molecule has 5 heteroatoms. The molecule has 1 aromatic carbocycles. The van der Waals surface area contributed by atoms with Gasteiger partial charge < -0.3 is 14.8 Å².